The normalized spacial score (nSPS) is 10.1. The zero-order chi connectivity index (χ0) is 16.5. The van der Waals surface area contributed by atoms with Gasteiger partial charge >= 0.3 is 5.97 Å². The predicted molar refractivity (Wildman–Crippen MR) is 90.2 cm³/mol. The van der Waals surface area contributed by atoms with Crippen LogP contribution >= 0.6 is 0 Å². The van der Waals surface area contributed by atoms with Crippen molar-refractivity contribution in [3.05, 3.63) is 65.7 Å². The molecule has 0 fully saturated rings. The van der Waals surface area contributed by atoms with E-state index in [1.54, 1.807) is 0 Å². The van der Waals surface area contributed by atoms with Gasteiger partial charge in [0, 0.05) is 12.1 Å². The lowest BCUT2D eigenvalue weighted by Crippen LogP contribution is -2.21. The van der Waals surface area contributed by atoms with Crippen molar-refractivity contribution in [2.45, 2.75) is 26.2 Å². The standard InChI is InChI=1S/C19H21NO3/c1-2-16-10-6-7-11-17(16)20-18(21)14-23-19(22)13-12-15-8-4-3-5-9-15/h3-11H,2,12-14H2,1H3,(H,20,21). The molecule has 4 nitrogen and oxygen atoms in total. The zero-order valence-electron chi connectivity index (χ0n) is 13.2. The lowest BCUT2D eigenvalue weighted by Gasteiger charge is -2.10. The summed E-state index contributed by atoms with van der Waals surface area (Å²) in [6, 6.07) is 17.3. The number of hydrogen-bond donors (Lipinski definition) is 1. The third-order valence-electron chi connectivity index (χ3n) is 3.50. The first-order valence-electron chi connectivity index (χ1n) is 7.76. The Morgan fingerprint density at radius 2 is 1.70 bits per heavy atom. The maximum atomic E-state index is 11.9. The SMILES string of the molecule is CCc1ccccc1NC(=O)COC(=O)CCc1ccccc1. The van der Waals surface area contributed by atoms with Crippen molar-refractivity contribution in [2.75, 3.05) is 11.9 Å². The first-order chi connectivity index (χ1) is 11.2. The van der Waals surface area contributed by atoms with Gasteiger partial charge in [-0.2, -0.15) is 0 Å². The Labute approximate surface area is 136 Å². The largest absolute Gasteiger partial charge is 0.456 e. The minimum absolute atomic E-state index is 0.258. The van der Waals surface area contributed by atoms with Crippen LogP contribution in [0.15, 0.2) is 54.6 Å². The Morgan fingerprint density at radius 3 is 2.43 bits per heavy atom. The molecule has 0 heterocycles. The number of carbonyl (C=O) groups excluding carboxylic acids is 2. The molecule has 0 aliphatic carbocycles. The molecule has 0 bridgehead atoms. The Bertz CT molecular complexity index is 653. The van der Waals surface area contributed by atoms with Crippen molar-refractivity contribution in [3.8, 4) is 0 Å². The fourth-order valence-corrected chi connectivity index (χ4v) is 2.25. The molecule has 0 saturated carbocycles. The number of carbonyl (C=O) groups is 2. The molecule has 2 aromatic rings. The smallest absolute Gasteiger partial charge is 0.306 e. The first kappa shape index (κ1) is 16.7. The summed E-state index contributed by atoms with van der Waals surface area (Å²) in [5, 5.41) is 2.77. The van der Waals surface area contributed by atoms with Gasteiger partial charge in [0.05, 0.1) is 0 Å². The van der Waals surface area contributed by atoms with Gasteiger partial charge in [0.1, 0.15) is 0 Å². The van der Waals surface area contributed by atoms with Gasteiger partial charge in [0.2, 0.25) is 0 Å². The molecule has 2 rings (SSSR count). The van der Waals surface area contributed by atoms with E-state index in [9.17, 15) is 9.59 Å². The molecule has 0 saturated heterocycles. The quantitative estimate of drug-likeness (QED) is 0.798. The molecule has 0 atom stereocenters. The molecule has 0 radical (unpaired) electrons. The zero-order valence-corrected chi connectivity index (χ0v) is 13.2. The number of esters is 1. The maximum Gasteiger partial charge on any atom is 0.306 e. The van der Waals surface area contributed by atoms with Crippen molar-refractivity contribution in [2.24, 2.45) is 0 Å². The topological polar surface area (TPSA) is 55.4 Å². The van der Waals surface area contributed by atoms with Crippen LogP contribution in [0.3, 0.4) is 0 Å². The van der Waals surface area contributed by atoms with Crippen molar-refractivity contribution >= 4 is 17.6 Å². The minimum Gasteiger partial charge on any atom is -0.456 e. The highest BCUT2D eigenvalue weighted by Gasteiger charge is 2.09. The molecule has 1 N–H and O–H groups in total. The summed E-state index contributed by atoms with van der Waals surface area (Å²) in [5.41, 5.74) is 2.89. The highest BCUT2D eigenvalue weighted by atomic mass is 16.5. The fourth-order valence-electron chi connectivity index (χ4n) is 2.25. The van der Waals surface area contributed by atoms with Crippen LogP contribution in [0, 0.1) is 0 Å². The van der Waals surface area contributed by atoms with Gasteiger partial charge < -0.3 is 10.1 Å². The van der Waals surface area contributed by atoms with E-state index in [0.29, 0.717) is 6.42 Å². The van der Waals surface area contributed by atoms with Crippen molar-refractivity contribution in [1.29, 1.82) is 0 Å². The number of ether oxygens (including phenoxy) is 1. The third-order valence-corrected chi connectivity index (χ3v) is 3.50. The number of hydrogen-bond acceptors (Lipinski definition) is 3. The van der Waals surface area contributed by atoms with Crippen molar-refractivity contribution < 1.29 is 14.3 Å². The third kappa shape index (κ3) is 5.58. The van der Waals surface area contributed by atoms with E-state index in [0.717, 1.165) is 23.2 Å². The summed E-state index contributed by atoms with van der Waals surface area (Å²) < 4.78 is 5.02. The van der Waals surface area contributed by atoms with Crippen LogP contribution in [0.5, 0.6) is 0 Å². The highest BCUT2D eigenvalue weighted by Crippen LogP contribution is 2.15. The van der Waals surface area contributed by atoms with Crippen LogP contribution in [-0.4, -0.2) is 18.5 Å². The first-order valence-corrected chi connectivity index (χ1v) is 7.76. The number of nitrogens with one attached hydrogen (secondary N) is 1. The average molecular weight is 311 g/mol. The highest BCUT2D eigenvalue weighted by molar-refractivity contribution is 5.93. The molecule has 0 spiro atoms. The van der Waals surface area contributed by atoms with Gasteiger partial charge in [-0.3, -0.25) is 9.59 Å². The minimum atomic E-state index is -0.368. The predicted octanol–water partition coefficient (Wildman–Crippen LogP) is 3.36. The fraction of sp³-hybridized carbons (Fsp3) is 0.263. The van der Waals surface area contributed by atoms with Crippen LogP contribution < -0.4 is 5.32 Å². The lowest BCUT2D eigenvalue weighted by atomic mass is 10.1. The number of aryl methyl sites for hydroxylation is 2. The number of benzene rings is 2. The number of anilines is 1. The van der Waals surface area contributed by atoms with Gasteiger partial charge in [0.15, 0.2) is 6.61 Å². The van der Waals surface area contributed by atoms with E-state index < -0.39 is 0 Å². The van der Waals surface area contributed by atoms with E-state index in [2.05, 4.69) is 5.32 Å². The average Bonchev–Trinajstić information content (AvgIpc) is 2.59. The second kappa shape index (κ2) is 8.73. The lowest BCUT2D eigenvalue weighted by molar-refractivity contribution is -0.147. The molecule has 0 aliphatic heterocycles. The summed E-state index contributed by atoms with van der Waals surface area (Å²) in [7, 11) is 0. The number of para-hydroxylation sites is 1. The molecule has 4 heteroatoms. The molecule has 120 valence electrons. The van der Waals surface area contributed by atoms with Gasteiger partial charge in [-0.15, -0.1) is 0 Å². The Morgan fingerprint density at radius 1 is 1.00 bits per heavy atom. The summed E-state index contributed by atoms with van der Waals surface area (Å²) in [5.74, 6) is -0.688. The molecule has 0 aromatic heterocycles. The van der Waals surface area contributed by atoms with Crippen LogP contribution in [0.25, 0.3) is 0 Å². The molecule has 2 aromatic carbocycles. The van der Waals surface area contributed by atoms with Crippen LogP contribution in [0.2, 0.25) is 0 Å². The van der Waals surface area contributed by atoms with Gasteiger partial charge in [-0.05, 0) is 30.0 Å². The Balaban J connectivity index is 1.74. The molecule has 0 unspecified atom stereocenters. The van der Waals surface area contributed by atoms with E-state index in [1.165, 1.54) is 0 Å². The van der Waals surface area contributed by atoms with Crippen molar-refractivity contribution in [3.63, 3.8) is 0 Å². The van der Waals surface area contributed by atoms with E-state index >= 15 is 0 Å². The number of amides is 1. The molecule has 0 aliphatic rings. The molecule has 23 heavy (non-hydrogen) atoms. The molecular weight excluding hydrogens is 290 g/mol. The van der Waals surface area contributed by atoms with Crippen LogP contribution in [0.4, 0.5) is 5.69 Å². The number of rotatable bonds is 7. The Kier molecular flexibility index (Phi) is 6.36. The van der Waals surface area contributed by atoms with Crippen LogP contribution in [0.1, 0.15) is 24.5 Å². The monoisotopic (exact) mass is 311 g/mol. The van der Waals surface area contributed by atoms with Crippen molar-refractivity contribution in [1.82, 2.24) is 0 Å². The summed E-state index contributed by atoms with van der Waals surface area (Å²) >= 11 is 0. The second-order valence-corrected chi connectivity index (χ2v) is 5.21. The van der Waals surface area contributed by atoms with Gasteiger partial charge in [-0.1, -0.05) is 55.5 Å². The van der Waals surface area contributed by atoms with Gasteiger partial charge in [0.25, 0.3) is 5.91 Å². The summed E-state index contributed by atoms with van der Waals surface area (Å²) in [4.78, 5) is 23.6. The van der Waals surface area contributed by atoms with E-state index in [4.69, 9.17) is 4.74 Å². The van der Waals surface area contributed by atoms with Crippen LogP contribution in [-0.2, 0) is 27.2 Å². The van der Waals surface area contributed by atoms with E-state index in [1.807, 2.05) is 61.5 Å². The summed E-state index contributed by atoms with van der Waals surface area (Å²) in [6.07, 6.45) is 1.70. The second-order valence-electron chi connectivity index (χ2n) is 5.21. The van der Waals surface area contributed by atoms with Gasteiger partial charge in [-0.25, -0.2) is 0 Å². The molecule has 1 amide bonds. The maximum absolute atomic E-state index is 11.9. The molecular formula is C19H21NO3. The van der Waals surface area contributed by atoms with E-state index in [-0.39, 0.29) is 24.9 Å². The Hall–Kier alpha value is -2.62. The summed E-state index contributed by atoms with van der Waals surface area (Å²) in [6.45, 7) is 1.76.